The average molecular weight is 294 g/mol. The molecule has 0 saturated carbocycles. The van der Waals surface area contributed by atoms with Gasteiger partial charge in [0, 0.05) is 0 Å². The molecule has 1 amide bonds. The molecule has 6 nitrogen and oxygen atoms in total. The highest BCUT2D eigenvalue weighted by molar-refractivity contribution is 5.89. The van der Waals surface area contributed by atoms with Crippen molar-refractivity contribution in [1.29, 1.82) is 0 Å². The fourth-order valence-corrected chi connectivity index (χ4v) is 1.52. The Morgan fingerprint density at radius 3 is 2.43 bits per heavy atom. The predicted octanol–water partition coefficient (Wildman–Crippen LogP) is 0.598. The van der Waals surface area contributed by atoms with E-state index in [1.807, 2.05) is 30.3 Å². The molecule has 1 aromatic rings. The van der Waals surface area contributed by atoms with Gasteiger partial charge in [0.05, 0.1) is 25.9 Å². The van der Waals surface area contributed by atoms with Crippen molar-refractivity contribution in [2.45, 2.75) is 32.0 Å². The Bertz CT molecular complexity index is 468. The maximum atomic E-state index is 11.8. The molecule has 0 heterocycles. The summed E-state index contributed by atoms with van der Waals surface area (Å²) in [7, 11) is 1.26. The van der Waals surface area contributed by atoms with Gasteiger partial charge < -0.3 is 20.5 Å². The number of hydrogen-bond donors (Lipinski definition) is 2. The molecule has 0 radical (unpaired) electrons. The van der Waals surface area contributed by atoms with Crippen LogP contribution in [0.5, 0.6) is 0 Å². The van der Waals surface area contributed by atoms with Crippen LogP contribution in [-0.2, 0) is 25.7 Å². The van der Waals surface area contributed by atoms with E-state index in [1.54, 1.807) is 13.8 Å². The molecule has 0 bridgehead atoms. The number of ether oxygens (including phenoxy) is 2. The Morgan fingerprint density at radius 1 is 1.29 bits per heavy atom. The molecule has 3 N–H and O–H groups in total. The number of carbonyl (C=O) groups is 2. The van der Waals surface area contributed by atoms with Crippen molar-refractivity contribution in [2.75, 3.05) is 13.7 Å². The zero-order valence-electron chi connectivity index (χ0n) is 12.6. The van der Waals surface area contributed by atoms with Gasteiger partial charge in [-0.25, -0.2) is 4.79 Å². The van der Waals surface area contributed by atoms with Gasteiger partial charge in [-0.15, -0.1) is 0 Å². The van der Waals surface area contributed by atoms with Crippen molar-refractivity contribution in [2.24, 2.45) is 5.73 Å². The molecule has 21 heavy (non-hydrogen) atoms. The lowest BCUT2D eigenvalue weighted by atomic mass is 10.1. The van der Waals surface area contributed by atoms with Crippen molar-refractivity contribution in [1.82, 2.24) is 5.32 Å². The first-order chi connectivity index (χ1) is 9.84. The summed E-state index contributed by atoms with van der Waals surface area (Å²) in [4.78, 5) is 23.5. The zero-order valence-corrected chi connectivity index (χ0v) is 12.6. The summed E-state index contributed by atoms with van der Waals surface area (Å²) in [5.41, 5.74) is 5.58. The topological polar surface area (TPSA) is 90.6 Å². The molecule has 1 atom stereocenters. The third-order valence-corrected chi connectivity index (χ3v) is 2.77. The van der Waals surface area contributed by atoms with Crippen LogP contribution in [0.1, 0.15) is 19.4 Å². The van der Waals surface area contributed by atoms with Gasteiger partial charge >= 0.3 is 5.97 Å². The molecule has 1 aromatic carbocycles. The maximum absolute atomic E-state index is 11.8. The molecular weight excluding hydrogens is 272 g/mol. The molecule has 1 rings (SSSR count). The standard InChI is InChI=1S/C15H22N2O4/c1-15(2,16)14(19)17-12(13(18)20-3)10-21-9-11-7-5-4-6-8-11/h4-8,12H,9-10,16H2,1-3H3,(H,17,19). The first-order valence-corrected chi connectivity index (χ1v) is 6.64. The minimum atomic E-state index is -1.08. The van der Waals surface area contributed by atoms with Crippen LogP contribution in [0.2, 0.25) is 0 Å². The van der Waals surface area contributed by atoms with Crippen molar-refractivity contribution < 1.29 is 19.1 Å². The second-order valence-electron chi connectivity index (χ2n) is 5.27. The highest BCUT2D eigenvalue weighted by Crippen LogP contribution is 2.03. The quantitative estimate of drug-likeness (QED) is 0.719. The Labute approximate surface area is 124 Å². The van der Waals surface area contributed by atoms with E-state index in [-0.39, 0.29) is 6.61 Å². The summed E-state index contributed by atoms with van der Waals surface area (Å²) in [5.74, 6) is -1.01. The predicted molar refractivity (Wildman–Crippen MR) is 78.3 cm³/mol. The number of methoxy groups -OCH3 is 1. The normalized spacial score (nSPS) is 12.6. The lowest BCUT2D eigenvalue weighted by molar-refractivity contribution is -0.147. The first-order valence-electron chi connectivity index (χ1n) is 6.64. The van der Waals surface area contributed by atoms with E-state index in [0.717, 1.165) is 5.56 Å². The van der Waals surface area contributed by atoms with Gasteiger partial charge in [-0.3, -0.25) is 4.79 Å². The highest BCUT2D eigenvalue weighted by Gasteiger charge is 2.28. The lowest BCUT2D eigenvalue weighted by Crippen LogP contribution is -2.55. The fraction of sp³-hybridized carbons (Fsp3) is 0.467. The van der Waals surface area contributed by atoms with E-state index >= 15 is 0 Å². The van der Waals surface area contributed by atoms with Crippen LogP contribution in [0.25, 0.3) is 0 Å². The molecule has 0 aliphatic rings. The summed E-state index contributed by atoms with van der Waals surface area (Å²) in [6, 6.07) is 8.65. The molecule has 6 heteroatoms. The Kier molecular flexibility index (Phi) is 6.33. The minimum Gasteiger partial charge on any atom is -0.467 e. The molecule has 0 aliphatic carbocycles. The van der Waals surface area contributed by atoms with Crippen molar-refractivity contribution in [3.8, 4) is 0 Å². The smallest absolute Gasteiger partial charge is 0.330 e. The molecular formula is C15H22N2O4. The van der Waals surface area contributed by atoms with Gasteiger partial charge in [-0.05, 0) is 19.4 Å². The summed E-state index contributed by atoms with van der Waals surface area (Å²) in [6.45, 7) is 3.47. The number of amides is 1. The van der Waals surface area contributed by atoms with E-state index in [2.05, 4.69) is 10.1 Å². The number of nitrogens with one attached hydrogen (secondary N) is 1. The van der Waals surface area contributed by atoms with Crippen molar-refractivity contribution >= 4 is 11.9 Å². The van der Waals surface area contributed by atoms with E-state index in [9.17, 15) is 9.59 Å². The molecule has 116 valence electrons. The van der Waals surface area contributed by atoms with Crippen LogP contribution in [0.15, 0.2) is 30.3 Å². The van der Waals surface area contributed by atoms with Gasteiger partial charge in [0.25, 0.3) is 0 Å². The molecule has 0 aromatic heterocycles. The molecule has 0 spiro atoms. The fourth-order valence-electron chi connectivity index (χ4n) is 1.52. The van der Waals surface area contributed by atoms with Crippen LogP contribution in [0.4, 0.5) is 0 Å². The van der Waals surface area contributed by atoms with E-state index in [4.69, 9.17) is 10.5 Å². The summed E-state index contributed by atoms with van der Waals surface area (Å²) in [5, 5.41) is 2.53. The molecule has 0 fully saturated rings. The zero-order chi connectivity index (χ0) is 15.9. The Morgan fingerprint density at radius 2 is 1.90 bits per heavy atom. The number of esters is 1. The molecule has 0 saturated heterocycles. The van der Waals surface area contributed by atoms with Crippen molar-refractivity contribution in [3.05, 3.63) is 35.9 Å². The van der Waals surface area contributed by atoms with Gasteiger partial charge in [-0.2, -0.15) is 0 Å². The second-order valence-corrected chi connectivity index (χ2v) is 5.27. The average Bonchev–Trinajstić information content (AvgIpc) is 2.45. The van der Waals surface area contributed by atoms with Gasteiger partial charge in [0.2, 0.25) is 5.91 Å². The lowest BCUT2D eigenvalue weighted by Gasteiger charge is -2.22. The van der Waals surface area contributed by atoms with Crippen LogP contribution in [0, 0.1) is 0 Å². The number of benzene rings is 1. The molecule has 0 aliphatic heterocycles. The maximum Gasteiger partial charge on any atom is 0.330 e. The van der Waals surface area contributed by atoms with Crippen LogP contribution in [-0.4, -0.2) is 37.2 Å². The third kappa shape index (κ3) is 5.93. The van der Waals surface area contributed by atoms with Crippen LogP contribution in [0.3, 0.4) is 0 Å². The minimum absolute atomic E-state index is 0.0172. The molecule has 1 unspecified atom stereocenters. The van der Waals surface area contributed by atoms with Gasteiger partial charge in [0.1, 0.15) is 0 Å². The number of carbonyl (C=O) groups excluding carboxylic acids is 2. The Hall–Kier alpha value is -1.92. The second kappa shape index (κ2) is 7.75. The van der Waals surface area contributed by atoms with E-state index in [1.165, 1.54) is 7.11 Å². The third-order valence-electron chi connectivity index (χ3n) is 2.77. The Balaban J connectivity index is 2.55. The number of nitrogens with two attached hydrogens (primary N) is 1. The van der Waals surface area contributed by atoms with Crippen molar-refractivity contribution in [3.63, 3.8) is 0 Å². The van der Waals surface area contributed by atoms with Crippen LogP contribution >= 0.6 is 0 Å². The SMILES string of the molecule is COC(=O)C(COCc1ccccc1)NC(=O)C(C)(C)N. The van der Waals surface area contributed by atoms with Gasteiger partial charge in [-0.1, -0.05) is 30.3 Å². The summed E-state index contributed by atoms with van der Waals surface area (Å²) >= 11 is 0. The summed E-state index contributed by atoms with van der Waals surface area (Å²) in [6.07, 6.45) is 0. The first kappa shape index (κ1) is 17.1. The number of hydrogen-bond acceptors (Lipinski definition) is 5. The van der Waals surface area contributed by atoms with E-state index in [0.29, 0.717) is 6.61 Å². The van der Waals surface area contributed by atoms with Crippen LogP contribution < -0.4 is 11.1 Å². The van der Waals surface area contributed by atoms with E-state index < -0.39 is 23.5 Å². The number of rotatable bonds is 7. The van der Waals surface area contributed by atoms with Gasteiger partial charge in [0.15, 0.2) is 6.04 Å². The summed E-state index contributed by atoms with van der Waals surface area (Å²) < 4.78 is 10.1. The monoisotopic (exact) mass is 294 g/mol. The largest absolute Gasteiger partial charge is 0.467 e. The highest BCUT2D eigenvalue weighted by atomic mass is 16.5.